The lowest BCUT2D eigenvalue weighted by atomic mass is 10.2. The molecule has 0 spiro atoms. The van der Waals surface area contributed by atoms with Crippen LogP contribution in [-0.4, -0.2) is 16.8 Å². The zero-order valence-electron chi connectivity index (χ0n) is 11.4. The van der Waals surface area contributed by atoms with Crippen LogP contribution in [0.3, 0.4) is 0 Å². The summed E-state index contributed by atoms with van der Waals surface area (Å²) in [5.74, 6) is -0.245. The highest BCUT2D eigenvalue weighted by Gasteiger charge is 2.09. The van der Waals surface area contributed by atoms with Crippen LogP contribution in [-0.2, 0) is 4.79 Å². The molecule has 22 heavy (non-hydrogen) atoms. The van der Waals surface area contributed by atoms with Crippen LogP contribution >= 0.6 is 11.6 Å². The zero-order chi connectivity index (χ0) is 15.5. The third-order valence-electron chi connectivity index (χ3n) is 3.05. The largest absolute Gasteiger partial charge is 0.403 e. The van der Waals surface area contributed by atoms with Crippen LogP contribution in [0.25, 0.3) is 22.4 Å². The Morgan fingerprint density at radius 2 is 2.00 bits per heavy atom. The predicted molar refractivity (Wildman–Crippen MR) is 85.1 cm³/mol. The number of aromatic nitrogens is 1. The first kappa shape index (κ1) is 14.3. The van der Waals surface area contributed by atoms with Crippen LogP contribution in [0.5, 0.6) is 0 Å². The molecule has 0 aliphatic carbocycles. The van der Waals surface area contributed by atoms with Crippen molar-refractivity contribution in [2.75, 3.05) is 11.2 Å². The maximum atomic E-state index is 12.0. The second-order valence-electron chi connectivity index (χ2n) is 4.59. The minimum absolute atomic E-state index is 0.131. The maximum absolute atomic E-state index is 12.0. The zero-order valence-corrected chi connectivity index (χ0v) is 12.1. The number of para-hydroxylation sites is 1. The smallest absolute Gasteiger partial charge is 0.347 e. The van der Waals surface area contributed by atoms with Gasteiger partial charge >= 0.3 is 5.63 Å². The molecule has 3 rings (SSSR count). The Morgan fingerprint density at radius 3 is 2.82 bits per heavy atom. The van der Waals surface area contributed by atoms with E-state index in [1.807, 2.05) is 0 Å². The summed E-state index contributed by atoms with van der Waals surface area (Å²) >= 11 is 5.46. The maximum Gasteiger partial charge on any atom is 0.347 e. The van der Waals surface area contributed by atoms with Gasteiger partial charge in [-0.15, -0.1) is 11.6 Å². The fourth-order valence-corrected chi connectivity index (χ4v) is 2.13. The van der Waals surface area contributed by atoms with Gasteiger partial charge in [0.15, 0.2) is 0 Å². The van der Waals surface area contributed by atoms with Gasteiger partial charge in [-0.05, 0) is 30.3 Å². The van der Waals surface area contributed by atoms with Crippen molar-refractivity contribution in [2.24, 2.45) is 0 Å². The molecule has 0 radical (unpaired) electrons. The van der Waals surface area contributed by atoms with E-state index in [1.54, 1.807) is 48.5 Å². The topological polar surface area (TPSA) is 72.2 Å². The van der Waals surface area contributed by atoms with Gasteiger partial charge in [-0.2, -0.15) is 0 Å². The fraction of sp³-hybridized carbons (Fsp3) is 0.0625. The summed E-state index contributed by atoms with van der Waals surface area (Å²) < 4.78 is 5.26. The molecule has 0 aliphatic heterocycles. The molecule has 3 aromatic rings. The average molecular weight is 315 g/mol. The molecule has 0 saturated carbocycles. The van der Waals surface area contributed by atoms with Gasteiger partial charge < -0.3 is 9.73 Å². The molecule has 0 aliphatic rings. The summed E-state index contributed by atoms with van der Waals surface area (Å²) in [6, 6.07) is 13.8. The molecular weight excluding hydrogens is 304 g/mol. The summed E-state index contributed by atoms with van der Waals surface area (Å²) in [4.78, 5) is 27.7. The number of carbonyl (C=O) groups is 1. The number of carbonyl (C=O) groups excluding carboxylic acids is 1. The summed E-state index contributed by atoms with van der Waals surface area (Å²) in [7, 11) is 0. The lowest BCUT2D eigenvalue weighted by Gasteiger charge is -2.05. The van der Waals surface area contributed by atoms with Crippen molar-refractivity contribution in [2.45, 2.75) is 0 Å². The molecule has 0 bridgehead atoms. The highest BCUT2D eigenvalue weighted by molar-refractivity contribution is 6.29. The van der Waals surface area contributed by atoms with Gasteiger partial charge in [0.1, 0.15) is 5.88 Å². The molecule has 1 aromatic heterocycles. The van der Waals surface area contributed by atoms with E-state index in [4.69, 9.17) is 16.0 Å². The van der Waals surface area contributed by atoms with Gasteiger partial charge in [0.25, 0.3) is 0 Å². The number of halogens is 1. The van der Waals surface area contributed by atoms with Gasteiger partial charge in [0.2, 0.25) is 11.8 Å². The number of benzene rings is 2. The SMILES string of the molecule is O=C(CCl)Nc1cccc(-c2nc3ccccc3c(=O)o2)c1. The number of hydrogen-bond donors (Lipinski definition) is 1. The molecule has 0 atom stereocenters. The standard InChI is InChI=1S/C16H11ClN2O3/c17-9-14(20)18-11-5-3-4-10(8-11)15-19-13-7-2-1-6-12(13)16(21)22-15/h1-8H,9H2,(H,18,20). The minimum atomic E-state index is -0.448. The van der Waals surface area contributed by atoms with E-state index in [2.05, 4.69) is 10.3 Å². The van der Waals surface area contributed by atoms with Crippen LogP contribution in [0.1, 0.15) is 0 Å². The second kappa shape index (κ2) is 5.99. The molecule has 0 unspecified atom stereocenters. The Bertz CT molecular complexity index is 905. The van der Waals surface area contributed by atoms with Gasteiger partial charge in [-0.25, -0.2) is 9.78 Å². The molecule has 110 valence electrons. The highest BCUT2D eigenvalue weighted by Crippen LogP contribution is 2.21. The van der Waals surface area contributed by atoms with E-state index in [1.165, 1.54) is 0 Å². The Morgan fingerprint density at radius 1 is 1.18 bits per heavy atom. The molecule has 0 saturated heterocycles. The van der Waals surface area contributed by atoms with E-state index >= 15 is 0 Å². The normalized spacial score (nSPS) is 10.6. The van der Waals surface area contributed by atoms with E-state index in [9.17, 15) is 9.59 Å². The number of anilines is 1. The van der Waals surface area contributed by atoms with Crippen LogP contribution in [0.15, 0.2) is 57.7 Å². The van der Waals surface area contributed by atoms with E-state index < -0.39 is 5.63 Å². The first-order chi connectivity index (χ1) is 10.7. The molecule has 5 nitrogen and oxygen atoms in total. The first-order valence-electron chi connectivity index (χ1n) is 6.53. The van der Waals surface area contributed by atoms with Crippen LogP contribution in [0, 0.1) is 0 Å². The number of nitrogens with zero attached hydrogens (tertiary/aromatic N) is 1. The summed E-state index contributed by atoms with van der Waals surface area (Å²) in [5.41, 5.74) is 1.26. The lowest BCUT2D eigenvalue weighted by Crippen LogP contribution is -2.12. The molecule has 0 fully saturated rings. The molecule has 1 N–H and O–H groups in total. The first-order valence-corrected chi connectivity index (χ1v) is 7.07. The van der Waals surface area contributed by atoms with Crippen LogP contribution < -0.4 is 10.9 Å². The van der Waals surface area contributed by atoms with Crippen molar-refractivity contribution in [1.82, 2.24) is 4.98 Å². The lowest BCUT2D eigenvalue weighted by molar-refractivity contribution is -0.113. The van der Waals surface area contributed by atoms with Crippen LogP contribution in [0.2, 0.25) is 0 Å². The second-order valence-corrected chi connectivity index (χ2v) is 4.85. The number of hydrogen-bond acceptors (Lipinski definition) is 4. The highest BCUT2D eigenvalue weighted by atomic mass is 35.5. The number of amides is 1. The number of alkyl halides is 1. The number of fused-ring (bicyclic) bond motifs is 1. The van der Waals surface area contributed by atoms with Crippen molar-refractivity contribution in [3.8, 4) is 11.5 Å². The molecule has 1 heterocycles. The Kier molecular flexibility index (Phi) is 3.89. The van der Waals surface area contributed by atoms with E-state index in [-0.39, 0.29) is 17.7 Å². The van der Waals surface area contributed by atoms with Gasteiger partial charge in [-0.1, -0.05) is 18.2 Å². The number of rotatable bonds is 3. The van der Waals surface area contributed by atoms with Crippen molar-refractivity contribution in [1.29, 1.82) is 0 Å². The van der Waals surface area contributed by atoms with Crippen LogP contribution in [0.4, 0.5) is 5.69 Å². The average Bonchev–Trinajstić information content (AvgIpc) is 2.55. The summed E-state index contributed by atoms with van der Waals surface area (Å²) in [6.45, 7) is 0. The van der Waals surface area contributed by atoms with Crippen molar-refractivity contribution in [3.63, 3.8) is 0 Å². The quantitative estimate of drug-likeness (QED) is 0.754. The number of nitrogens with one attached hydrogen (secondary N) is 1. The fourth-order valence-electron chi connectivity index (χ4n) is 2.07. The predicted octanol–water partition coefficient (Wildman–Crippen LogP) is 3.03. The monoisotopic (exact) mass is 314 g/mol. The van der Waals surface area contributed by atoms with E-state index in [0.717, 1.165) is 0 Å². The van der Waals surface area contributed by atoms with Gasteiger partial charge in [-0.3, -0.25) is 4.79 Å². The van der Waals surface area contributed by atoms with Gasteiger partial charge in [0.05, 0.1) is 10.9 Å². The molecule has 1 amide bonds. The Hall–Kier alpha value is -2.66. The molecule has 6 heteroatoms. The Balaban J connectivity index is 2.06. The summed E-state index contributed by atoms with van der Waals surface area (Å²) in [6.07, 6.45) is 0. The Labute approximate surface area is 130 Å². The van der Waals surface area contributed by atoms with Crippen molar-refractivity contribution in [3.05, 3.63) is 59.0 Å². The molecular formula is C16H11ClN2O3. The van der Waals surface area contributed by atoms with E-state index in [0.29, 0.717) is 22.2 Å². The minimum Gasteiger partial charge on any atom is -0.403 e. The van der Waals surface area contributed by atoms with Crippen molar-refractivity contribution >= 4 is 34.1 Å². The van der Waals surface area contributed by atoms with Crippen molar-refractivity contribution < 1.29 is 9.21 Å². The molecule has 2 aromatic carbocycles. The van der Waals surface area contributed by atoms with Gasteiger partial charge in [0, 0.05) is 11.3 Å². The third kappa shape index (κ3) is 2.84. The summed E-state index contributed by atoms with van der Waals surface area (Å²) in [5, 5.41) is 3.06. The third-order valence-corrected chi connectivity index (χ3v) is 3.29.